The van der Waals surface area contributed by atoms with Crippen LogP contribution in [0.25, 0.3) is 0 Å². The number of hydrogen-bond acceptors (Lipinski definition) is 3. The molecular weight excluding hydrogens is 354 g/mol. The minimum absolute atomic E-state index is 0.0325. The van der Waals surface area contributed by atoms with Crippen molar-refractivity contribution in [1.29, 1.82) is 0 Å². The van der Waals surface area contributed by atoms with Crippen molar-refractivity contribution in [2.24, 2.45) is 5.73 Å². The highest BCUT2D eigenvalue weighted by atomic mass is 79.9. The molecule has 0 fully saturated rings. The van der Waals surface area contributed by atoms with E-state index in [0.29, 0.717) is 17.2 Å². The van der Waals surface area contributed by atoms with Gasteiger partial charge in [-0.2, -0.15) is 0 Å². The van der Waals surface area contributed by atoms with Crippen LogP contribution in [-0.4, -0.2) is 13.2 Å². The fourth-order valence-corrected chi connectivity index (χ4v) is 2.60. The van der Waals surface area contributed by atoms with Gasteiger partial charge in [0.1, 0.15) is 17.2 Å². The first-order chi connectivity index (χ1) is 9.99. The van der Waals surface area contributed by atoms with Crippen LogP contribution in [0.1, 0.15) is 12.5 Å². The van der Waals surface area contributed by atoms with Gasteiger partial charge in [-0.15, -0.1) is 0 Å². The second kappa shape index (κ2) is 7.16. The summed E-state index contributed by atoms with van der Waals surface area (Å²) in [6, 6.07) is 11.1. The van der Waals surface area contributed by atoms with Crippen LogP contribution in [0.4, 0.5) is 0 Å². The number of rotatable bonds is 5. The molecule has 2 aromatic rings. The lowest BCUT2D eigenvalue weighted by Crippen LogP contribution is -2.18. The van der Waals surface area contributed by atoms with Crippen LogP contribution in [0.15, 0.2) is 40.9 Å². The summed E-state index contributed by atoms with van der Waals surface area (Å²) in [5, 5.41) is 0.673. The fraction of sp³-hybridized carbons (Fsp3) is 0.250. The van der Waals surface area contributed by atoms with Gasteiger partial charge in [-0.25, -0.2) is 0 Å². The lowest BCUT2D eigenvalue weighted by molar-refractivity contribution is 0.412. The third-order valence-electron chi connectivity index (χ3n) is 2.92. The predicted molar refractivity (Wildman–Crippen MR) is 89.6 cm³/mol. The number of ether oxygens (including phenoxy) is 2. The summed E-state index contributed by atoms with van der Waals surface area (Å²) in [4.78, 5) is 0. The molecule has 5 heteroatoms. The Morgan fingerprint density at radius 3 is 2.52 bits per heavy atom. The molecule has 0 radical (unpaired) electrons. The molecule has 2 aromatic carbocycles. The summed E-state index contributed by atoms with van der Waals surface area (Å²) < 4.78 is 12.0. The molecule has 0 bridgehead atoms. The van der Waals surface area contributed by atoms with Gasteiger partial charge in [-0.1, -0.05) is 11.6 Å². The normalized spacial score (nSPS) is 12.0. The lowest BCUT2D eigenvalue weighted by atomic mass is 10.1. The standard InChI is InChI=1S/C16H17BrClNO2/c1-10(19)7-11-8-12(18)3-5-15(11)21-16-6-4-13(20-2)9-14(16)17/h3-6,8-10H,7,19H2,1-2H3. The largest absolute Gasteiger partial charge is 0.497 e. The van der Waals surface area contributed by atoms with Crippen LogP contribution in [0, 0.1) is 0 Å². The second-order valence-electron chi connectivity index (χ2n) is 4.83. The number of halogens is 2. The molecule has 3 nitrogen and oxygen atoms in total. The van der Waals surface area contributed by atoms with E-state index in [4.69, 9.17) is 26.8 Å². The van der Waals surface area contributed by atoms with Crippen molar-refractivity contribution in [3.8, 4) is 17.2 Å². The van der Waals surface area contributed by atoms with E-state index in [1.807, 2.05) is 37.3 Å². The molecule has 0 saturated heterocycles. The highest BCUT2D eigenvalue weighted by molar-refractivity contribution is 9.10. The molecule has 112 valence electrons. The Balaban J connectivity index is 2.30. The average Bonchev–Trinajstić information content (AvgIpc) is 2.43. The van der Waals surface area contributed by atoms with E-state index >= 15 is 0 Å². The Hall–Kier alpha value is -1.23. The smallest absolute Gasteiger partial charge is 0.141 e. The van der Waals surface area contributed by atoms with Crippen LogP contribution in [0.3, 0.4) is 0 Å². The maximum absolute atomic E-state index is 6.05. The van der Waals surface area contributed by atoms with Crippen LogP contribution >= 0.6 is 27.5 Å². The zero-order chi connectivity index (χ0) is 15.4. The summed E-state index contributed by atoms with van der Waals surface area (Å²) in [5.74, 6) is 2.23. The summed E-state index contributed by atoms with van der Waals surface area (Å²) in [6.07, 6.45) is 0.698. The Morgan fingerprint density at radius 1 is 1.19 bits per heavy atom. The molecule has 2 N–H and O–H groups in total. The third kappa shape index (κ3) is 4.37. The number of benzene rings is 2. The molecule has 0 amide bonds. The Kier molecular flexibility index (Phi) is 5.51. The van der Waals surface area contributed by atoms with Gasteiger partial charge in [-0.05, 0) is 71.2 Å². The molecular formula is C16H17BrClNO2. The monoisotopic (exact) mass is 369 g/mol. The molecule has 1 unspecified atom stereocenters. The molecule has 2 rings (SSSR count). The minimum atomic E-state index is 0.0325. The molecule has 0 aliphatic heterocycles. The summed E-state index contributed by atoms with van der Waals surface area (Å²) in [6.45, 7) is 1.95. The highest BCUT2D eigenvalue weighted by Crippen LogP contribution is 2.35. The van der Waals surface area contributed by atoms with Crippen molar-refractivity contribution >= 4 is 27.5 Å². The number of methoxy groups -OCH3 is 1. The van der Waals surface area contributed by atoms with Crippen LogP contribution < -0.4 is 15.2 Å². The first kappa shape index (κ1) is 16.1. The van der Waals surface area contributed by atoms with E-state index in [1.54, 1.807) is 13.2 Å². The van der Waals surface area contributed by atoms with Gasteiger partial charge in [0.2, 0.25) is 0 Å². The third-order valence-corrected chi connectivity index (χ3v) is 3.78. The van der Waals surface area contributed by atoms with Crippen LogP contribution in [0.5, 0.6) is 17.2 Å². The fourth-order valence-electron chi connectivity index (χ4n) is 1.96. The average molecular weight is 371 g/mol. The maximum atomic E-state index is 6.05. The zero-order valence-electron chi connectivity index (χ0n) is 11.9. The summed E-state index contributed by atoms with van der Waals surface area (Å²) in [5.41, 5.74) is 6.87. The molecule has 0 spiro atoms. The van der Waals surface area contributed by atoms with Gasteiger partial charge < -0.3 is 15.2 Å². The van der Waals surface area contributed by atoms with Gasteiger partial charge in [0, 0.05) is 11.1 Å². The van der Waals surface area contributed by atoms with Gasteiger partial charge >= 0.3 is 0 Å². The topological polar surface area (TPSA) is 44.5 Å². The Bertz CT molecular complexity index is 632. The zero-order valence-corrected chi connectivity index (χ0v) is 14.2. The minimum Gasteiger partial charge on any atom is -0.497 e. The lowest BCUT2D eigenvalue weighted by Gasteiger charge is -2.14. The molecule has 0 aliphatic carbocycles. The van der Waals surface area contributed by atoms with Crippen molar-refractivity contribution < 1.29 is 9.47 Å². The van der Waals surface area contributed by atoms with Gasteiger partial charge in [0.25, 0.3) is 0 Å². The first-order valence-electron chi connectivity index (χ1n) is 6.55. The summed E-state index contributed by atoms with van der Waals surface area (Å²) in [7, 11) is 1.63. The molecule has 0 aromatic heterocycles. The van der Waals surface area contributed by atoms with E-state index in [1.165, 1.54) is 0 Å². The molecule has 0 heterocycles. The number of hydrogen-bond donors (Lipinski definition) is 1. The van der Waals surface area contributed by atoms with Crippen molar-refractivity contribution in [3.05, 3.63) is 51.5 Å². The summed E-state index contributed by atoms with van der Waals surface area (Å²) >= 11 is 9.53. The Labute approximate surface area is 138 Å². The molecule has 0 aliphatic rings. The quantitative estimate of drug-likeness (QED) is 0.822. The maximum Gasteiger partial charge on any atom is 0.141 e. The highest BCUT2D eigenvalue weighted by Gasteiger charge is 2.10. The first-order valence-corrected chi connectivity index (χ1v) is 7.72. The number of nitrogens with two attached hydrogens (primary N) is 1. The molecule has 1 atom stereocenters. The van der Waals surface area contributed by atoms with Crippen molar-refractivity contribution in [2.45, 2.75) is 19.4 Å². The van der Waals surface area contributed by atoms with Gasteiger partial charge in [0.15, 0.2) is 0 Å². The van der Waals surface area contributed by atoms with Gasteiger partial charge in [0.05, 0.1) is 11.6 Å². The van der Waals surface area contributed by atoms with E-state index in [0.717, 1.165) is 21.5 Å². The molecule has 21 heavy (non-hydrogen) atoms. The second-order valence-corrected chi connectivity index (χ2v) is 6.12. The van der Waals surface area contributed by atoms with E-state index in [2.05, 4.69) is 15.9 Å². The van der Waals surface area contributed by atoms with Crippen LogP contribution in [-0.2, 0) is 6.42 Å². The Morgan fingerprint density at radius 2 is 1.90 bits per heavy atom. The van der Waals surface area contributed by atoms with Crippen molar-refractivity contribution in [1.82, 2.24) is 0 Å². The van der Waals surface area contributed by atoms with Crippen molar-refractivity contribution in [3.63, 3.8) is 0 Å². The van der Waals surface area contributed by atoms with Crippen molar-refractivity contribution in [2.75, 3.05) is 7.11 Å². The van der Waals surface area contributed by atoms with Gasteiger partial charge in [-0.3, -0.25) is 0 Å². The SMILES string of the molecule is COc1ccc(Oc2ccc(Cl)cc2CC(C)N)c(Br)c1. The predicted octanol–water partition coefficient (Wildman–Crippen LogP) is 4.79. The molecule has 0 saturated carbocycles. The van der Waals surface area contributed by atoms with E-state index in [-0.39, 0.29) is 6.04 Å². The van der Waals surface area contributed by atoms with E-state index < -0.39 is 0 Å². The van der Waals surface area contributed by atoms with E-state index in [9.17, 15) is 0 Å². The van der Waals surface area contributed by atoms with Crippen LogP contribution in [0.2, 0.25) is 5.02 Å².